The number of hydrogen-bond donors (Lipinski definition) is 0. The van der Waals surface area contributed by atoms with Crippen LogP contribution in [0.3, 0.4) is 0 Å². The van der Waals surface area contributed by atoms with Gasteiger partial charge < -0.3 is 9.64 Å². The summed E-state index contributed by atoms with van der Waals surface area (Å²) in [5.41, 5.74) is 5.46. The van der Waals surface area contributed by atoms with Gasteiger partial charge in [0.25, 0.3) is 0 Å². The maximum absolute atomic E-state index is 6.59. The smallest absolute Gasteiger partial charge is 0.165 e. The Hall–Kier alpha value is -2.27. The third-order valence-corrected chi connectivity index (χ3v) is 6.39. The lowest BCUT2D eigenvalue weighted by Crippen LogP contribution is -2.30. The molecular weight excluding hydrogens is 384 g/mol. The molecule has 2 aliphatic rings. The summed E-state index contributed by atoms with van der Waals surface area (Å²) in [5.74, 6) is 2.84. The molecule has 29 heavy (non-hydrogen) atoms. The molecule has 0 radical (unpaired) electrons. The number of methoxy groups -OCH3 is 1. The highest BCUT2D eigenvalue weighted by molar-refractivity contribution is 6.33. The molecule has 1 saturated carbocycles. The predicted octanol–water partition coefficient (Wildman–Crippen LogP) is 5.17. The quantitative estimate of drug-likeness (QED) is 0.538. The van der Waals surface area contributed by atoms with Gasteiger partial charge in [0.1, 0.15) is 11.6 Å². The Morgan fingerprint density at radius 2 is 2.10 bits per heavy atom. The van der Waals surface area contributed by atoms with E-state index in [-0.39, 0.29) is 0 Å². The highest BCUT2D eigenvalue weighted by Crippen LogP contribution is 2.39. The Morgan fingerprint density at radius 3 is 2.83 bits per heavy atom. The third-order valence-electron chi connectivity index (χ3n) is 6.08. The normalized spacial score (nSPS) is 15.7. The molecule has 0 bridgehead atoms. The minimum absolute atomic E-state index is 0.659. The first-order chi connectivity index (χ1) is 14.2. The van der Waals surface area contributed by atoms with Gasteiger partial charge >= 0.3 is 0 Å². The van der Waals surface area contributed by atoms with Crippen LogP contribution in [-0.2, 0) is 12.8 Å². The fourth-order valence-electron chi connectivity index (χ4n) is 4.47. The van der Waals surface area contributed by atoms with Gasteiger partial charge in [-0.1, -0.05) is 18.5 Å². The van der Waals surface area contributed by atoms with Crippen LogP contribution in [-0.4, -0.2) is 34.8 Å². The van der Waals surface area contributed by atoms with E-state index >= 15 is 0 Å². The van der Waals surface area contributed by atoms with Gasteiger partial charge in [-0.3, -0.25) is 0 Å². The lowest BCUT2D eigenvalue weighted by molar-refractivity contribution is 0.415. The van der Waals surface area contributed by atoms with Gasteiger partial charge in [-0.2, -0.15) is 9.61 Å². The highest BCUT2D eigenvalue weighted by Gasteiger charge is 2.30. The van der Waals surface area contributed by atoms with Crippen molar-refractivity contribution in [1.82, 2.24) is 14.6 Å². The van der Waals surface area contributed by atoms with E-state index in [9.17, 15) is 0 Å². The van der Waals surface area contributed by atoms with Gasteiger partial charge in [-0.25, -0.2) is 4.98 Å². The molecule has 6 heteroatoms. The molecule has 0 unspecified atom stereocenters. The molecule has 5 rings (SSSR count). The van der Waals surface area contributed by atoms with E-state index in [1.165, 1.54) is 36.3 Å². The lowest BCUT2D eigenvalue weighted by atomic mass is 10.1. The Morgan fingerprint density at radius 1 is 1.24 bits per heavy atom. The molecule has 0 atom stereocenters. The van der Waals surface area contributed by atoms with Crippen molar-refractivity contribution in [3.8, 4) is 16.9 Å². The summed E-state index contributed by atoms with van der Waals surface area (Å²) in [6.07, 6.45) is 9.05. The zero-order valence-corrected chi connectivity index (χ0v) is 17.9. The number of fused-ring (bicyclic) bond motifs is 2. The minimum Gasteiger partial charge on any atom is -0.497 e. The number of aromatic nitrogens is 3. The van der Waals surface area contributed by atoms with Crippen LogP contribution in [0.4, 0.5) is 5.82 Å². The topological polar surface area (TPSA) is 42.7 Å². The first kappa shape index (κ1) is 18.7. The van der Waals surface area contributed by atoms with E-state index in [0.717, 1.165) is 60.8 Å². The number of anilines is 1. The number of nitrogens with zero attached hydrogens (tertiary/aromatic N) is 4. The average Bonchev–Trinajstić information content (AvgIpc) is 3.25. The fraction of sp³-hybridized carbons (Fsp3) is 0.478. The molecule has 0 N–H and O–H groups in total. The number of aryl methyl sites for hydroxylation is 1. The van der Waals surface area contributed by atoms with Crippen LogP contribution in [0.5, 0.6) is 5.75 Å². The molecule has 152 valence electrons. The first-order valence-electron chi connectivity index (χ1n) is 10.7. The van der Waals surface area contributed by atoms with Crippen molar-refractivity contribution in [3.05, 3.63) is 40.7 Å². The van der Waals surface area contributed by atoms with Crippen molar-refractivity contribution >= 4 is 23.1 Å². The van der Waals surface area contributed by atoms with E-state index < -0.39 is 0 Å². The maximum atomic E-state index is 6.59. The summed E-state index contributed by atoms with van der Waals surface area (Å²) in [7, 11) is 1.65. The number of hydrogen-bond acceptors (Lipinski definition) is 4. The van der Waals surface area contributed by atoms with E-state index in [1.54, 1.807) is 7.11 Å². The molecule has 2 aromatic heterocycles. The van der Waals surface area contributed by atoms with Gasteiger partial charge in [0.2, 0.25) is 0 Å². The van der Waals surface area contributed by atoms with E-state index in [0.29, 0.717) is 5.02 Å². The average molecular weight is 411 g/mol. The number of ether oxygens (including phenoxy) is 1. The Bertz CT molecular complexity index is 1060. The van der Waals surface area contributed by atoms with E-state index in [4.69, 9.17) is 26.4 Å². The summed E-state index contributed by atoms with van der Waals surface area (Å²) < 4.78 is 7.38. The van der Waals surface area contributed by atoms with Crippen molar-refractivity contribution in [3.63, 3.8) is 0 Å². The molecule has 2 aliphatic carbocycles. The maximum Gasteiger partial charge on any atom is 0.165 e. The second-order valence-electron chi connectivity index (χ2n) is 8.24. The van der Waals surface area contributed by atoms with Crippen molar-refractivity contribution in [2.75, 3.05) is 25.1 Å². The molecule has 5 nitrogen and oxygen atoms in total. The van der Waals surface area contributed by atoms with Crippen LogP contribution in [0.25, 0.3) is 16.8 Å². The Kier molecular flexibility index (Phi) is 4.86. The zero-order chi connectivity index (χ0) is 20.0. The third kappa shape index (κ3) is 3.35. The zero-order valence-electron chi connectivity index (χ0n) is 17.1. The largest absolute Gasteiger partial charge is 0.497 e. The summed E-state index contributed by atoms with van der Waals surface area (Å²) in [6.45, 7) is 4.43. The second kappa shape index (κ2) is 7.52. The lowest BCUT2D eigenvalue weighted by Gasteiger charge is -2.27. The number of halogens is 1. The standard InChI is InChI=1S/C23H27ClN4O/c1-3-11-27(14-15-7-8-15)23-18-5-4-6-21(18)26-22-19(13-25-28(22)23)17-10-9-16(29-2)12-20(17)24/h9-10,12-13,15H,3-8,11,14H2,1-2H3. The van der Waals surface area contributed by atoms with Gasteiger partial charge in [0.05, 0.1) is 18.3 Å². The summed E-state index contributed by atoms with van der Waals surface area (Å²) >= 11 is 6.59. The highest BCUT2D eigenvalue weighted by atomic mass is 35.5. The van der Waals surface area contributed by atoms with Crippen molar-refractivity contribution < 1.29 is 4.74 Å². The molecule has 0 aliphatic heterocycles. The fourth-order valence-corrected chi connectivity index (χ4v) is 4.75. The van der Waals surface area contributed by atoms with E-state index in [1.807, 2.05) is 24.4 Å². The monoisotopic (exact) mass is 410 g/mol. The molecule has 1 fully saturated rings. The van der Waals surface area contributed by atoms with Gasteiger partial charge in [0.15, 0.2) is 5.65 Å². The van der Waals surface area contributed by atoms with Crippen LogP contribution >= 0.6 is 11.6 Å². The molecule has 2 heterocycles. The molecule has 0 spiro atoms. The van der Waals surface area contributed by atoms with Gasteiger partial charge in [-0.15, -0.1) is 0 Å². The molecule has 3 aromatic rings. The number of benzene rings is 1. The summed E-state index contributed by atoms with van der Waals surface area (Å²) in [6, 6.07) is 5.79. The van der Waals surface area contributed by atoms with E-state index in [2.05, 4.69) is 16.3 Å². The van der Waals surface area contributed by atoms with Crippen LogP contribution in [0, 0.1) is 5.92 Å². The molecule has 0 amide bonds. The predicted molar refractivity (Wildman–Crippen MR) is 117 cm³/mol. The van der Waals surface area contributed by atoms with Crippen molar-refractivity contribution in [2.24, 2.45) is 5.92 Å². The van der Waals surface area contributed by atoms with Crippen molar-refractivity contribution in [1.29, 1.82) is 0 Å². The summed E-state index contributed by atoms with van der Waals surface area (Å²) in [5, 5.41) is 5.47. The van der Waals surface area contributed by atoms with Crippen molar-refractivity contribution in [2.45, 2.75) is 45.4 Å². The minimum atomic E-state index is 0.659. The number of rotatable bonds is 7. The summed E-state index contributed by atoms with van der Waals surface area (Å²) in [4.78, 5) is 7.62. The molecular formula is C23H27ClN4O. The van der Waals surface area contributed by atoms with Crippen LogP contribution < -0.4 is 9.64 Å². The van der Waals surface area contributed by atoms with Crippen LogP contribution in [0.2, 0.25) is 5.02 Å². The SMILES string of the molecule is CCCN(CC1CC1)c1c2c(nc3c(-c4ccc(OC)cc4Cl)cnn13)CCC2. The first-order valence-corrected chi connectivity index (χ1v) is 11.1. The Balaban J connectivity index is 1.68. The van der Waals surface area contributed by atoms with Gasteiger partial charge in [-0.05, 0) is 62.6 Å². The second-order valence-corrected chi connectivity index (χ2v) is 8.65. The Labute approximate surface area is 176 Å². The van der Waals surface area contributed by atoms with Crippen LogP contribution in [0.15, 0.2) is 24.4 Å². The molecule has 1 aromatic carbocycles. The van der Waals surface area contributed by atoms with Gasteiger partial charge in [0, 0.05) is 35.5 Å². The van der Waals surface area contributed by atoms with Crippen LogP contribution in [0.1, 0.15) is 43.9 Å². The molecule has 0 saturated heterocycles.